The van der Waals surface area contributed by atoms with Crippen molar-refractivity contribution in [1.82, 2.24) is 10.2 Å². The van der Waals surface area contributed by atoms with Crippen molar-refractivity contribution in [2.45, 2.75) is 18.9 Å². The van der Waals surface area contributed by atoms with E-state index in [4.69, 9.17) is 9.47 Å². The molecule has 0 aliphatic carbocycles. The molecule has 1 aromatic carbocycles. The second kappa shape index (κ2) is 8.55. The molecule has 26 heavy (non-hydrogen) atoms. The minimum absolute atomic E-state index is 0.0702. The zero-order valence-electron chi connectivity index (χ0n) is 14.4. The van der Waals surface area contributed by atoms with Crippen molar-refractivity contribution >= 4 is 11.8 Å². The van der Waals surface area contributed by atoms with E-state index in [1.165, 1.54) is 4.90 Å². The Morgan fingerprint density at radius 2 is 1.96 bits per heavy atom. The lowest BCUT2D eigenvalue weighted by atomic mass is 9.95. The summed E-state index contributed by atoms with van der Waals surface area (Å²) in [5.41, 5.74) is -0.149. The first-order valence-corrected chi connectivity index (χ1v) is 8.76. The number of amides is 2. The fourth-order valence-corrected chi connectivity index (χ4v) is 3.19. The summed E-state index contributed by atoms with van der Waals surface area (Å²) in [6.07, 6.45) is 0.876. The zero-order valence-corrected chi connectivity index (χ0v) is 14.4. The number of likely N-dealkylation sites (tertiary alicyclic amines) is 1. The number of carbonyl (C=O) groups excluding carboxylic acids is 2. The Hall–Kier alpha value is -2.06. The third kappa shape index (κ3) is 4.56. The molecule has 2 aliphatic rings. The summed E-state index contributed by atoms with van der Waals surface area (Å²) in [6, 6.07) is 2.91. The van der Waals surface area contributed by atoms with Crippen LogP contribution in [0.15, 0.2) is 18.2 Å². The number of benzene rings is 1. The standard InChI is InChI=1S/C18H22F2N2O4/c19-13-1-2-15(16(20)9-13)18(24)22-5-3-12(4-6-22)17(23)21-10-14-11-25-7-8-26-14/h1-2,9,12,14H,3-8,10-11H2,(H,21,23)/t14-/m0/s1. The van der Waals surface area contributed by atoms with Crippen molar-refractivity contribution in [2.75, 3.05) is 39.5 Å². The molecule has 0 aromatic heterocycles. The molecule has 0 radical (unpaired) electrons. The number of nitrogens with one attached hydrogen (secondary N) is 1. The second-order valence-electron chi connectivity index (χ2n) is 6.50. The Bertz CT molecular complexity index is 657. The molecule has 0 unspecified atom stereocenters. The summed E-state index contributed by atoms with van der Waals surface area (Å²) in [7, 11) is 0. The van der Waals surface area contributed by atoms with Gasteiger partial charge in [0, 0.05) is 31.6 Å². The normalized spacial score (nSPS) is 21.5. The van der Waals surface area contributed by atoms with E-state index in [9.17, 15) is 18.4 Å². The van der Waals surface area contributed by atoms with E-state index in [2.05, 4.69) is 5.32 Å². The van der Waals surface area contributed by atoms with E-state index in [-0.39, 0.29) is 23.5 Å². The molecule has 2 amide bonds. The fraction of sp³-hybridized carbons (Fsp3) is 0.556. The van der Waals surface area contributed by atoms with Gasteiger partial charge in [-0.25, -0.2) is 8.78 Å². The highest BCUT2D eigenvalue weighted by atomic mass is 19.1. The van der Waals surface area contributed by atoms with Crippen molar-refractivity contribution < 1.29 is 27.8 Å². The Morgan fingerprint density at radius 3 is 2.62 bits per heavy atom. The molecule has 2 heterocycles. The molecule has 3 rings (SSSR count). The molecule has 0 saturated carbocycles. The summed E-state index contributed by atoms with van der Waals surface area (Å²) in [4.78, 5) is 26.1. The highest BCUT2D eigenvalue weighted by Gasteiger charge is 2.29. The van der Waals surface area contributed by atoms with Crippen LogP contribution in [0.25, 0.3) is 0 Å². The van der Waals surface area contributed by atoms with Gasteiger partial charge < -0.3 is 19.7 Å². The summed E-state index contributed by atoms with van der Waals surface area (Å²) < 4.78 is 37.5. The molecule has 8 heteroatoms. The van der Waals surface area contributed by atoms with Gasteiger partial charge in [-0.05, 0) is 25.0 Å². The lowest BCUT2D eigenvalue weighted by molar-refractivity contribution is -0.128. The van der Waals surface area contributed by atoms with E-state index in [0.29, 0.717) is 58.4 Å². The van der Waals surface area contributed by atoms with Gasteiger partial charge >= 0.3 is 0 Å². The molecule has 2 saturated heterocycles. The molecule has 2 fully saturated rings. The van der Waals surface area contributed by atoms with Crippen LogP contribution in [0, 0.1) is 17.6 Å². The second-order valence-corrected chi connectivity index (χ2v) is 6.50. The van der Waals surface area contributed by atoms with Crippen molar-refractivity contribution in [1.29, 1.82) is 0 Å². The number of hydrogen-bond donors (Lipinski definition) is 1. The van der Waals surface area contributed by atoms with Crippen molar-refractivity contribution in [3.63, 3.8) is 0 Å². The van der Waals surface area contributed by atoms with Gasteiger partial charge in [0.2, 0.25) is 5.91 Å². The van der Waals surface area contributed by atoms with Crippen molar-refractivity contribution in [3.05, 3.63) is 35.4 Å². The van der Waals surface area contributed by atoms with Gasteiger partial charge in [-0.15, -0.1) is 0 Å². The molecule has 1 atom stereocenters. The van der Waals surface area contributed by atoms with Crippen LogP contribution in [-0.2, 0) is 14.3 Å². The first kappa shape index (κ1) is 18.7. The molecular formula is C18H22F2N2O4. The van der Waals surface area contributed by atoms with Gasteiger partial charge in [-0.3, -0.25) is 9.59 Å². The van der Waals surface area contributed by atoms with Crippen LogP contribution >= 0.6 is 0 Å². The van der Waals surface area contributed by atoms with Crippen LogP contribution < -0.4 is 5.32 Å². The summed E-state index contributed by atoms with van der Waals surface area (Å²) in [6.45, 7) is 2.69. The topological polar surface area (TPSA) is 67.9 Å². The third-order valence-electron chi connectivity index (χ3n) is 4.70. The predicted octanol–water partition coefficient (Wildman–Crippen LogP) is 1.35. The minimum Gasteiger partial charge on any atom is -0.376 e. The molecule has 1 N–H and O–H groups in total. The molecule has 2 aliphatic heterocycles. The Kier molecular flexibility index (Phi) is 6.16. The SMILES string of the molecule is O=C(NC[C@H]1COCCO1)C1CCN(C(=O)c2ccc(F)cc2F)CC1. The molecule has 0 spiro atoms. The van der Waals surface area contributed by atoms with E-state index in [1.54, 1.807) is 0 Å². The maximum absolute atomic E-state index is 13.8. The summed E-state index contributed by atoms with van der Waals surface area (Å²) >= 11 is 0. The van der Waals surface area contributed by atoms with Crippen molar-refractivity contribution in [3.8, 4) is 0 Å². The van der Waals surface area contributed by atoms with Crippen LogP contribution in [0.1, 0.15) is 23.2 Å². The Morgan fingerprint density at radius 1 is 1.19 bits per heavy atom. The fourth-order valence-electron chi connectivity index (χ4n) is 3.19. The highest BCUT2D eigenvalue weighted by Crippen LogP contribution is 2.20. The van der Waals surface area contributed by atoms with Gasteiger partial charge in [-0.1, -0.05) is 0 Å². The Balaban J connectivity index is 1.47. The highest BCUT2D eigenvalue weighted by molar-refractivity contribution is 5.94. The molecule has 6 nitrogen and oxygen atoms in total. The predicted molar refractivity (Wildman–Crippen MR) is 88.6 cm³/mol. The number of piperidine rings is 1. The van der Waals surface area contributed by atoms with Gasteiger partial charge in [0.25, 0.3) is 5.91 Å². The molecular weight excluding hydrogens is 346 g/mol. The van der Waals surface area contributed by atoms with Gasteiger partial charge in [0.15, 0.2) is 0 Å². The Labute approximate surface area is 150 Å². The monoisotopic (exact) mass is 368 g/mol. The molecule has 1 aromatic rings. The lowest BCUT2D eigenvalue weighted by Gasteiger charge is -2.32. The quantitative estimate of drug-likeness (QED) is 0.871. The largest absolute Gasteiger partial charge is 0.376 e. The molecule has 0 bridgehead atoms. The van der Waals surface area contributed by atoms with E-state index < -0.39 is 17.5 Å². The van der Waals surface area contributed by atoms with E-state index in [1.807, 2.05) is 0 Å². The summed E-state index contributed by atoms with van der Waals surface area (Å²) in [5.74, 6) is -2.33. The maximum atomic E-state index is 13.8. The van der Waals surface area contributed by atoms with E-state index >= 15 is 0 Å². The van der Waals surface area contributed by atoms with Gasteiger partial charge in [-0.2, -0.15) is 0 Å². The van der Waals surface area contributed by atoms with Crippen molar-refractivity contribution in [2.24, 2.45) is 5.92 Å². The maximum Gasteiger partial charge on any atom is 0.256 e. The lowest BCUT2D eigenvalue weighted by Crippen LogP contribution is -2.46. The first-order valence-electron chi connectivity index (χ1n) is 8.76. The van der Waals surface area contributed by atoms with Crippen LogP contribution in [0.3, 0.4) is 0 Å². The van der Waals surface area contributed by atoms with Crippen LogP contribution in [0.5, 0.6) is 0 Å². The molecule has 142 valence electrons. The third-order valence-corrected chi connectivity index (χ3v) is 4.70. The number of rotatable bonds is 4. The van der Waals surface area contributed by atoms with Crippen LogP contribution in [0.4, 0.5) is 8.78 Å². The van der Waals surface area contributed by atoms with E-state index in [0.717, 1.165) is 12.1 Å². The van der Waals surface area contributed by atoms with Crippen LogP contribution in [0.2, 0.25) is 0 Å². The number of hydrogen-bond acceptors (Lipinski definition) is 4. The number of halogens is 2. The zero-order chi connectivity index (χ0) is 18.5. The number of ether oxygens (including phenoxy) is 2. The van der Waals surface area contributed by atoms with Gasteiger partial charge in [0.05, 0.1) is 31.5 Å². The number of nitrogens with zero attached hydrogens (tertiary/aromatic N) is 1. The number of carbonyl (C=O) groups is 2. The first-order chi connectivity index (χ1) is 12.5. The smallest absolute Gasteiger partial charge is 0.256 e. The minimum atomic E-state index is -0.871. The summed E-state index contributed by atoms with van der Waals surface area (Å²) in [5, 5.41) is 2.86. The van der Waals surface area contributed by atoms with Gasteiger partial charge in [0.1, 0.15) is 11.6 Å². The average Bonchev–Trinajstić information content (AvgIpc) is 2.66. The average molecular weight is 368 g/mol. The van der Waals surface area contributed by atoms with Crippen LogP contribution in [-0.4, -0.2) is 62.3 Å².